The molecule has 0 unspecified atom stereocenters. The standard InChI is InChI=1S/C59H39N5/c1-5-20-42(21-6-1)53-39-54(43-22-7-2-8-23-43)61-56(60-53)46-35-33-41(34-36-46)47-28-15-17-31-50(47)55-48-29-14-13-19-40(48)37-38-51(55)49-30-16-18-32-52(49)59-63-57(44-24-9-3-10-25-44)62-58(64-59)45-26-11-4-12-27-45/h1-39H. The summed E-state index contributed by atoms with van der Waals surface area (Å²) in [5, 5.41) is 2.32. The van der Waals surface area contributed by atoms with E-state index in [0.717, 1.165) is 88.9 Å². The Morgan fingerprint density at radius 2 is 0.625 bits per heavy atom. The molecule has 0 saturated carbocycles. The smallest absolute Gasteiger partial charge is 0.164 e. The molecule has 5 nitrogen and oxygen atoms in total. The zero-order chi connectivity index (χ0) is 42.7. The van der Waals surface area contributed by atoms with Gasteiger partial charge in [0.2, 0.25) is 0 Å². The average Bonchev–Trinajstić information content (AvgIpc) is 3.39. The first-order valence-corrected chi connectivity index (χ1v) is 21.4. The van der Waals surface area contributed by atoms with E-state index < -0.39 is 0 Å². The van der Waals surface area contributed by atoms with Gasteiger partial charge in [-0.3, -0.25) is 0 Å². The minimum absolute atomic E-state index is 0.611. The largest absolute Gasteiger partial charge is 0.228 e. The lowest BCUT2D eigenvalue weighted by Gasteiger charge is -2.19. The Hall–Kier alpha value is -8.67. The first-order valence-electron chi connectivity index (χ1n) is 21.4. The molecule has 0 N–H and O–H groups in total. The summed E-state index contributed by atoms with van der Waals surface area (Å²) in [7, 11) is 0. The van der Waals surface area contributed by atoms with Gasteiger partial charge in [-0.2, -0.15) is 0 Å². The number of fused-ring (bicyclic) bond motifs is 1. The van der Waals surface area contributed by atoms with E-state index in [9.17, 15) is 0 Å². The lowest BCUT2D eigenvalue weighted by Crippen LogP contribution is -2.01. The fraction of sp³-hybridized carbons (Fsp3) is 0. The van der Waals surface area contributed by atoms with Gasteiger partial charge in [0.15, 0.2) is 23.3 Å². The number of nitrogens with zero attached hydrogens (tertiary/aromatic N) is 5. The minimum Gasteiger partial charge on any atom is -0.228 e. The Morgan fingerprint density at radius 1 is 0.219 bits per heavy atom. The molecule has 0 aliphatic carbocycles. The predicted octanol–water partition coefficient (Wildman–Crippen LogP) is 14.8. The molecular formula is C59H39N5. The van der Waals surface area contributed by atoms with E-state index in [-0.39, 0.29) is 0 Å². The molecule has 0 saturated heterocycles. The van der Waals surface area contributed by atoms with Crippen LogP contribution in [0, 0.1) is 0 Å². The minimum atomic E-state index is 0.611. The van der Waals surface area contributed by atoms with Gasteiger partial charge in [0.25, 0.3) is 0 Å². The van der Waals surface area contributed by atoms with Crippen molar-refractivity contribution in [3.8, 4) is 101 Å². The number of hydrogen-bond acceptors (Lipinski definition) is 5. The van der Waals surface area contributed by atoms with Crippen molar-refractivity contribution in [2.45, 2.75) is 0 Å². The maximum atomic E-state index is 5.16. The third-order valence-electron chi connectivity index (χ3n) is 11.6. The maximum absolute atomic E-state index is 5.16. The molecule has 2 aromatic heterocycles. The van der Waals surface area contributed by atoms with Crippen molar-refractivity contribution in [1.29, 1.82) is 0 Å². The highest BCUT2D eigenvalue weighted by Crippen LogP contribution is 2.45. The van der Waals surface area contributed by atoms with Crippen molar-refractivity contribution in [1.82, 2.24) is 24.9 Å². The molecule has 300 valence electrons. The molecule has 5 heteroatoms. The first-order chi connectivity index (χ1) is 31.7. The van der Waals surface area contributed by atoms with Crippen LogP contribution < -0.4 is 0 Å². The van der Waals surface area contributed by atoms with Gasteiger partial charge in [-0.25, -0.2) is 24.9 Å². The number of aromatic nitrogens is 5. The number of hydrogen-bond donors (Lipinski definition) is 0. The van der Waals surface area contributed by atoms with Crippen molar-refractivity contribution in [3.05, 3.63) is 237 Å². The molecular weight excluding hydrogens is 779 g/mol. The quantitative estimate of drug-likeness (QED) is 0.145. The van der Waals surface area contributed by atoms with E-state index in [4.69, 9.17) is 24.9 Å². The van der Waals surface area contributed by atoms with E-state index in [1.807, 2.05) is 97.1 Å². The highest BCUT2D eigenvalue weighted by atomic mass is 15.0. The van der Waals surface area contributed by atoms with Crippen LogP contribution in [0.5, 0.6) is 0 Å². The van der Waals surface area contributed by atoms with Gasteiger partial charge < -0.3 is 0 Å². The molecule has 9 aromatic carbocycles. The van der Waals surface area contributed by atoms with Crippen LogP contribution in [-0.2, 0) is 0 Å². The normalized spacial score (nSPS) is 11.1. The van der Waals surface area contributed by atoms with E-state index in [1.165, 1.54) is 0 Å². The van der Waals surface area contributed by atoms with E-state index in [1.54, 1.807) is 0 Å². The summed E-state index contributed by atoms with van der Waals surface area (Å²) in [6.07, 6.45) is 0. The van der Waals surface area contributed by atoms with E-state index >= 15 is 0 Å². The fourth-order valence-electron chi connectivity index (χ4n) is 8.47. The van der Waals surface area contributed by atoms with Crippen molar-refractivity contribution < 1.29 is 0 Å². The second kappa shape index (κ2) is 17.0. The van der Waals surface area contributed by atoms with E-state index in [0.29, 0.717) is 23.3 Å². The summed E-state index contributed by atoms with van der Waals surface area (Å²) < 4.78 is 0. The van der Waals surface area contributed by atoms with Crippen LogP contribution in [0.1, 0.15) is 0 Å². The lowest BCUT2D eigenvalue weighted by atomic mass is 9.84. The predicted molar refractivity (Wildman–Crippen MR) is 262 cm³/mol. The monoisotopic (exact) mass is 817 g/mol. The zero-order valence-electron chi connectivity index (χ0n) is 34.8. The highest BCUT2D eigenvalue weighted by molar-refractivity contribution is 6.08. The summed E-state index contributed by atoms with van der Waals surface area (Å²) in [6.45, 7) is 0. The molecule has 0 amide bonds. The van der Waals surface area contributed by atoms with Crippen LogP contribution in [0.2, 0.25) is 0 Å². The molecule has 64 heavy (non-hydrogen) atoms. The fourth-order valence-corrected chi connectivity index (χ4v) is 8.47. The summed E-state index contributed by atoms with van der Waals surface area (Å²) in [4.78, 5) is 25.5. The maximum Gasteiger partial charge on any atom is 0.164 e. The van der Waals surface area contributed by atoms with Gasteiger partial charge in [0.05, 0.1) is 11.4 Å². The van der Waals surface area contributed by atoms with Crippen molar-refractivity contribution in [3.63, 3.8) is 0 Å². The Kier molecular flexibility index (Phi) is 10.2. The molecule has 0 aliphatic rings. The molecule has 0 atom stereocenters. The van der Waals surface area contributed by atoms with Gasteiger partial charge in [-0.05, 0) is 50.2 Å². The van der Waals surface area contributed by atoms with Crippen molar-refractivity contribution >= 4 is 10.8 Å². The highest BCUT2D eigenvalue weighted by Gasteiger charge is 2.21. The van der Waals surface area contributed by atoms with Gasteiger partial charge in [0.1, 0.15) is 0 Å². The molecule has 11 rings (SSSR count). The summed E-state index contributed by atoms with van der Waals surface area (Å²) in [6, 6.07) is 81.8. The summed E-state index contributed by atoms with van der Waals surface area (Å²) in [5.41, 5.74) is 14.2. The summed E-state index contributed by atoms with van der Waals surface area (Å²) in [5.74, 6) is 2.54. The average molecular weight is 818 g/mol. The third kappa shape index (κ3) is 7.52. The Balaban J connectivity index is 1.05. The molecule has 2 heterocycles. The second-order valence-corrected chi connectivity index (χ2v) is 15.6. The van der Waals surface area contributed by atoms with Crippen LogP contribution in [0.4, 0.5) is 0 Å². The Bertz CT molecular complexity index is 3290. The molecule has 0 spiro atoms. The van der Waals surface area contributed by atoms with E-state index in [2.05, 4.69) is 140 Å². The van der Waals surface area contributed by atoms with Crippen LogP contribution >= 0.6 is 0 Å². The molecule has 0 bridgehead atoms. The van der Waals surface area contributed by atoms with Gasteiger partial charge in [-0.1, -0.05) is 231 Å². The van der Waals surface area contributed by atoms with Crippen molar-refractivity contribution in [2.75, 3.05) is 0 Å². The van der Waals surface area contributed by atoms with Crippen LogP contribution in [0.15, 0.2) is 237 Å². The topological polar surface area (TPSA) is 64.5 Å². The van der Waals surface area contributed by atoms with Crippen LogP contribution in [0.25, 0.3) is 112 Å². The van der Waals surface area contributed by atoms with Gasteiger partial charge in [-0.15, -0.1) is 0 Å². The van der Waals surface area contributed by atoms with Crippen molar-refractivity contribution in [2.24, 2.45) is 0 Å². The Labute approximate surface area is 372 Å². The zero-order valence-corrected chi connectivity index (χ0v) is 34.8. The molecule has 0 aliphatic heterocycles. The number of rotatable bonds is 9. The SMILES string of the molecule is c1ccc(-c2cc(-c3ccccc3)nc(-c3ccc(-c4ccccc4-c4c(-c5ccccc5-c5nc(-c6ccccc6)nc(-c6ccccc6)n5)ccc5ccccc45)cc3)n2)cc1. The first kappa shape index (κ1) is 38.3. The molecule has 11 aromatic rings. The van der Waals surface area contributed by atoms with Gasteiger partial charge >= 0.3 is 0 Å². The third-order valence-corrected chi connectivity index (χ3v) is 11.6. The Morgan fingerprint density at radius 3 is 1.20 bits per heavy atom. The molecule has 0 fully saturated rings. The number of benzene rings is 9. The molecule has 0 radical (unpaired) electrons. The second-order valence-electron chi connectivity index (χ2n) is 15.6. The lowest BCUT2D eigenvalue weighted by molar-refractivity contribution is 1.07. The summed E-state index contributed by atoms with van der Waals surface area (Å²) >= 11 is 0. The van der Waals surface area contributed by atoms with Crippen LogP contribution in [0.3, 0.4) is 0 Å². The van der Waals surface area contributed by atoms with Crippen LogP contribution in [-0.4, -0.2) is 24.9 Å². The van der Waals surface area contributed by atoms with Gasteiger partial charge in [0, 0.05) is 33.4 Å².